The molecule has 0 aromatic heterocycles. The SMILES string of the molecule is Cc1ccc(S(=O)(=O)Oc2ccc(NS(C)(=O)=O)cc2Cl)cc1. The molecule has 0 saturated heterocycles. The lowest BCUT2D eigenvalue weighted by atomic mass is 10.2. The number of anilines is 1. The van der Waals surface area contributed by atoms with E-state index in [0.717, 1.165) is 11.8 Å². The predicted octanol–water partition coefficient (Wildman–Crippen LogP) is 2.79. The summed E-state index contributed by atoms with van der Waals surface area (Å²) in [7, 11) is -7.48. The van der Waals surface area contributed by atoms with Crippen molar-refractivity contribution in [2.24, 2.45) is 0 Å². The van der Waals surface area contributed by atoms with Gasteiger partial charge in [-0.3, -0.25) is 4.72 Å². The van der Waals surface area contributed by atoms with Crippen molar-refractivity contribution >= 4 is 37.4 Å². The van der Waals surface area contributed by atoms with Gasteiger partial charge in [-0.25, -0.2) is 8.42 Å². The molecule has 0 aliphatic heterocycles. The van der Waals surface area contributed by atoms with E-state index >= 15 is 0 Å². The van der Waals surface area contributed by atoms with Gasteiger partial charge in [0.25, 0.3) is 0 Å². The van der Waals surface area contributed by atoms with E-state index in [4.69, 9.17) is 15.8 Å². The fourth-order valence-electron chi connectivity index (χ4n) is 1.72. The van der Waals surface area contributed by atoms with E-state index in [1.54, 1.807) is 12.1 Å². The highest BCUT2D eigenvalue weighted by Gasteiger charge is 2.18. The van der Waals surface area contributed by atoms with Crippen molar-refractivity contribution in [2.75, 3.05) is 11.0 Å². The van der Waals surface area contributed by atoms with E-state index in [1.807, 2.05) is 6.92 Å². The van der Waals surface area contributed by atoms with Crippen LogP contribution in [0.25, 0.3) is 0 Å². The highest BCUT2D eigenvalue weighted by molar-refractivity contribution is 7.92. The van der Waals surface area contributed by atoms with Crippen molar-refractivity contribution in [3.05, 3.63) is 53.1 Å². The van der Waals surface area contributed by atoms with E-state index in [9.17, 15) is 16.8 Å². The minimum absolute atomic E-state index is 0.00231. The smallest absolute Gasteiger partial charge is 0.339 e. The molecular weight excluding hydrogens is 362 g/mol. The summed E-state index contributed by atoms with van der Waals surface area (Å²) in [6.45, 7) is 1.83. The van der Waals surface area contributed by atoms with Gasteiger partial charge in [0.05, 0.1) is 17.0 Å². The molecule has 2 aromatic rings. The number of rotatable bonds is 5. The summed E-state index contributed by atoms with van der Waals surface area (Å²) in [5.41, 5.74) is 1.12. The minimum atomic E-state index is -4.02. The average molecular weight is 376 g/mol. The molecule has 0 spiro atoms. The largest absolute Gasteiger partial charge is 0.377 e. The molecule has 0 radical (unpaired) electrons. The summed E-state index contributed by atoms with van der Waals surface area (Å²) in [4.78, 5) is -0.00231. The Balaban J connectivity index is 2.28. The summed E-state index contributed by atoms with van der Waals surface area (Å²) < 4.78 is 53.9. The predicted molar refractivity (Wildman–Crippen MR) is 88.9 cm³/mol. The van der Waals surface area contributed by atoms with E-state index in [2.05, 4.69) is 4.72 Å². The van der Waals surface area contributed by atoms with Crippen LogP contribution in [0.4, 0.5) is 5.69 Å². The first kappa shape index (κ1) is 17.6. The summed E-state index contributed by atoms with van der Waals surface area (Å²) in [6.07, 6.45) is 0.993. The molecule has 2 aromatic carbocycles. The Kier molecular flexibility index (Phi) is 4.88. The van der Waals surface area contributed by atoms with Crippen LogP contribution in [0.1, 0.15) is 5.56 Å². The van der Waals surface area contributed by atoms with Gasteiger partial charge in [0, 0.05) is 0 Å². The third-order valence-corrected chi connectivity index (χ3v) is 4.89. The Bertz CT molecular complexity index is 922. The Labute approximate surface area is 140 Å². The van der Waals surface area contributed by atoms with Crippen molar-refractivity contribution in [3.8, 4) is 5.75 Å². The lowest BCUT2D eigenvalue weighted by Crippen LogP contribution is -2.11. The number of hydrogen-bond donors (Lipinski definition) is 1. The monoisotopic (exact) mass is 375 g/mol. The fourth-order valence-corrected chi connectivity index (χ4v) is 3.48. The molecule has 1 N–H and O–H groups in total. The van der Waals surface area contributed by atoms with E-state index in [1.165, 1.54) is 30.3 Å². The maximum atomic E-state index is 12.2. The molecule has 0 unspecified atom stereocenters. The van der Waals surface area contributed by atoms with Crippen molar-refractivity contribution in [1.29, 1.82) is 0 Å². The van der Waals surface area contributed by atoms with Crippen LogP contribution in [0.5, 0.6) is 5.75 Å². The molecule has 0 aliphatic carbocycles. The van der Waals surface area contributed by atoms with Gasteiger partial charge >= 0.3 is 10.1 Å². The molecule has 23 heavy (non-hydrogen) atoms. The molecule has 0 fully saturated rings. The molecule has 124 valence electrons. The van der Waals surface area contributed by atoms with Gasteiger partial charge in [-0.15, -0.1) is 0 Å². The molecule has 0 amide bonds. The highest BCUT2D eigenvalue weighted by atomic mass is 35.5. The standard InChI is InChI=1S/C14H14ClNO5S2/c1-10-3-6-12(7-4-10)23(19,20)21-14-8-5-11(9-13(14)15)16-22(2,17)18/h3-9,16H,1-2H3. The first-order chi connectivity index (χ1) is 10.6. The van der Waals surface area contributed by atoms with Gasteiger partial charge in [-0.2, -0.15) is 8.42 Å². The van der Waals surface area contributed by atoms with Crippen LogP contribution < -0.4 is 8.91 Å². The molecule has 0 heterocycles. The van der Waals surface area contributed by atoms with Crippen LogP contribution in [0, 0.1) is 6.92 Å². The lowest BCUT2D eigenvalue weighted by molar-refractivity contribution is 0.486. The van der Waals surface area contributed by atoms with Crippen LogP contribution in [0.2, 0.25) is 5.02 Å². The molecule has 0 bridgehead atoms. The number of nitrogens with one attached hydrogen (secondary N) is 1. The van der Waals surface area contributed by atoms with Gasteiger partial charge < -0.3 is 4.18 Å². The Morgan fingerprint density at radius 3 is 2.13 bits per heavy atom. The average Bonchev–Trinajstić information content (AvgIpc) is 2.40. The summed E-state index contributed by atoms with van der Waals surface area (Å²) >= 11 is 5.95. The second-order valence-electron chi connectivity index (χ2n) is 4.87. The van der Waals surface area contributed by atoms with Crippen molar-refractivity contribution in [2.45, 2.75) is 11.8 Å². The zero-order valence-electron chi connectivity index (χ0n) is 12.3. The zero-order valence-corrected chi connectivity index (χ0v) is 14.7. The number of aryl methyl sites for hydroxylation is 1. The Morgan fingerprint density at radius 2 is 1.61 bits per heavy atom. The van der Waals surface area contributed by atoms with Gasteiger partial charge in [0.15, 0.2) is 5.75 Å². The topological polar surface area (TPSA) is 89.5 Å². The van der Waals surface area contributed by atoms with E-state index < -0.39 is 20.1 Å². The first-order valence-corrected chi connectivity index (χ1v) is 10.0. The second kappa shape index (κ2) is 6.38. The van der Waals surface area contributed by atoms with Crippen LogP contribution in [0.15, 0.2) is 47.4 Å². The molecule has 9 heteroatoms. The first-order valence-electron chi connectivity index (χ1n) is 6.35. The van der Waals surface area contributed by atoms with Gasteiger partial charge in [-0.05, 0) is 37.3 Å². The van der Waals surface area contributed by atoms with Crippen molar-refractivity contribution < 1.29 is 21.0 Å². The quantitative estimate of drug-likeness (QED) is 0.811. The normalized spacial score (nSPS) is 12.0. The lowest BCUT2D eigenvalue weighted by Gasteiger charge is -2.10. The van der Waals surface area contributed by atoms with Crippen LogP contribution in [-0.2, 0) is 20.1 Å². The van der Waals surface area contributed by atoms with Gasteiger partial charge in [-0.1, -0.05) is 29.3 Å². The molecule has 0 aliphatic rings. The summed E-state index contributed by atoms with van der Waals surface area (Å²) in [6, 6.07) is 10.1. The highest BCUT2D eigenvalue weighted by Crippen LogP contribution is 2.30. The number of sulfonamides is 1. The number of hydrogen-bond acceptors (Lipinski definition) is 5. The van der Waals surface area contributed by atoms with Crippen LogP contribution >= 0.6 is 11.6 Å². The maximum Gasteiger partial charge on any atom is 0.339 e. The van der Waals surface area contributed by atoms with Crippen LogP contribution in [0.3, 0.4) is 0 Å². The molecule has 0 atom stereocenters. The zero-order chi connectivity index (χ0) is 17.3. The summed E-state index contributed by atoms with van der Waals surface area (Å²) in [5, 5.41) is -0.0330. The van der Waals surface area contributed by atoms with Gasteiger partial charge in [0.1, 0.15) is 4.90 Å². The van der Waals surface area contributed by atoms with Gasteiger partial charge in [0.2, 0.25) is 10.0 Å². The molecule has 6 nitrogen and oxygen atoms in total. The number of halogens is 1. The van der Waals surface area contributed by atoms with E-state index in [0.29, 0.717) is 0 Å². The summed E-state index contributed by atoms with van der Waals surface area (Å²) in [5.74, 6) is -0.0914. The fraction of sp³-hybridized carbons (Fsp3) is 0.143. The minimum Gasteiger partial charge on any atom is -0.377 e. The van der Waals surface area contributed by atoms with Crippen molar-refractivity contribution in [3.63, 3.8) is 0 Å². The van der Waals surface area contributed by atoms with Crippen molar-refractivity contribution in [1.82, 2.24) is 0 Å². The second-order valence-corrected chi connectivity index (χ2v) is 8.57. The third kappa shape index (κ3) is 4.85. The van der Waals surface area contributed by atoms with Crippen LogP contribution in [-0.4, -0.2) is 23.1 Å². The molecule has 0 saturated carbocycles. The Morgan fingerprint density at radius 1 is 1.00 bits per heavy atom. The number of benzene rings is 2. The Hall–Kier alpha value is -1.77. The van der Waals surface area contributed by atoms with E-state index in [-0.39, 0.29) is 21.4 Å². The molecule has 2 rings (SSSR count). The molecular formula is C14H14ClNO5S2. The third-order valence-electron chi connectivity index (χ3n) is 2.74. The maximum absolute atomic E-state index is 12.2.